The summed E-state index contributed by atoms with van der Waals surface area (Å²) in [6.07, 6.45) is 5.55. The number of rotatable bonds is 3. The molecule has 3 nitrogen and oxygen atoms in total. The summed E-state index contributed by atoms with van der Waals surface area (Å²) in [5, 5.41) is 8.71. The van der Waals surface area contributed by atoms with Crippen LogP contribution < -0.4 is 0 Å². The van der Waals surface area contributed by atoms with Gasteiger partial charge in [-0.3, -0.25) is 0 Å². The average molecular weight is 255 g/mol. The molecule has 0 atom stereocenters. The minimum Gasteiger partial charge on any atom is -0.396 e. The van der Waals surface area contributed by atoms with E-state index in [0.717, 1.165) is 28.7 Å². The zero-order valence-electron chi connectivity index (χ0n) is 7.65. The SMILES string of the molecule is OCCCc1cn2cccc(Br)c2n1. The molecule has 4 heteroatoms. The van der Waals surface area contributed by atoms with Crippen molar-refractivity contribution in [3.63, 3.8) is 0 Å². The van der Waals surface area contributed by atoms with Gasteiger partial charge in [-0.2, -0.15) is 0 Å². The van der Waals surface area contributed by atoms with Crippen molar-refractivity contribution in [1.29, 1.82) is 0 Å². The molecule has 0 aliphatic rings. The van der Waals surface area contributed by atoms with Crippen molar-refractivity contribution in [2.45, 2.75) is 12.8 Å². The highest BCUT2D eigenvalue weighted by molar-refractivity contribution is 9.10. The Morgan fingerprint density at radius 1 is 1.50 bits per heavy atom. The van der Waals surface area contributed by atoms with Crippen molar-refractivity contribution < 1.29 is 5.11 Å². The molecule has 74 valence electrons. The molecular formula is C10H11BrN2O. The first-order valence-electron chi connectivity index (χ1n) is 4.54. The molecule has 0 saturated heterocycles. The molecule has 2 rings (SSSR count). The third-order valence-electron chi connectivity index (χ3n) is 2.08. The third kappa shape index (κ3) is 1.81. The van der Waals surface area contributed by atoms with Gasteiger partial charge < -0.3 is 9.51 Å². The minimum atomic E-state index is 0.217. The number of hydrogen-bond acceptors (Lipinski definition) is 2. The number of nitrogens with zero attached hydrogens (tertiary/aromatic N) is 2. The summed E-state index contributed by atoms with van der Waals surface area (Å²) < 4.78 is 2.98. The molecule has 0 spiro atoms. The standard InChI is InChI=1S/C10H11BrN2O/c11-9-4-1-5-13-7-8(3-2-6-14)12-10(9)13/h1,4-5,7,14H,2-3,6H2. The van der Waals surface area contributed by atoms with E-state index in [2.05, 4.69) is 20.9 Å². The van der Waals surface area contributed by atoms with E-state index in [0.29, 0.717) is 0 Å². The Morgan fingerprint density at radius 2 is 2.36 bits per heavy atom. The fourth-order valence-electron chi connectivity index (χ4n) is 1.41. The number of aliphatic hydroxyl groups is 1. The van der Waals surface area contributed by atoms with Gasteiger partial charge in [0.15, 0.2) is 5.65 Å². The smallest absolute Gasteiger partial charge is 0.151 e. The van der Waals surface area contributed by atoms with Crippen molar-refractivity contribution in [3.8, 4) is 0 Å². The van der Waals surface area contributed by atoms with Gasteiger partial charge in [0, 0.05) is 19.0 Å². The predicted molar refractivity (Wildman–Crippen MR) is 58.3 cm³/mol. The van der Waals surface area contributed by atoms with E-state index in [1.54, 1.807) is 0 Å². The molecule has 0 saturated carbocycles. The van der Waals surface area contributed by atoms with Crippen LogP contribution in [0.2, 0.25) is 0 Å². The lowest BCUT2D eigenvalue weighted by Gasteiger charge is -1.92. The van der Waals surface area contributed by atoms with Crippen LogP contribution in [-0.4, -0.2) is 21.1 Å². The summed E-state index contributed by atoms with van der Waals surface area (Å²) in [5.41, 5.74) is 1.95. The van der Waals surface area contributed by atoms with E-state index in [1.165, 1.54) is 0 Å². The van der Waals surface area contributed by atoms with E-state index in [4.69, 9.17) is 5.11 Å². The van der Waals surface area contributed by atoms with Gasteiger partial charge in [-0.05, 0) is 40.9 Å². The molecular weight excluding hydrogens is 244 g/mol. The third-order valence-corrected chi connectivity index (χ3v) is 2.70. The molecule has 2 aromatic heterocycles. The molecule has 1 N–H and O–H groups in total. The highest BCUT2D eigenvalue weighted by Gasteiger charge is 2.03. The largest absolute Gasteiger partial charge is 0.396 e. The maximum absolute atomic E-state index is 8.71. The van der Waals surface area contributed by atoms with E-state index < -0.39 is 0 Å². The number of pyridine rings is 1. The lowest BCUT2D eigenvalue weighted by atomic mass is 10.3. The predicted octanol–water partition coefficient (Wildman–Crippen LogP) is 2.02. The van der Waals surface area contributed by atoms with E-state index >= 15 is 0 Å². The fourth-order valence-corrected chi connectivity index (χ4v) is 1.86. The summed E-state index contributed by atoms with van der Waals surface area (Å²) in [5.74, 6) is 0. The molecule has 0 aliphatic heterocycles. The van der Waals surface area contributed by atoms with Crippen LogP contribution in [0.4, 0.5) is 0 Å². The van der Waals surface area contributed by atoms with Gasteiger partial charge in [-0.15, -0.1) is 0 Å². The Balaban J connectivity index is 2.36. The average Bonchev–Trinajstić information content (AvgIpc) is 2.59. The summed E-state index contributed by atoms with van der Waals surface area (Å²) in [6.45, 7) is 0.217. The summed E-state index contributed by atoms with van der Waals surface area (Å²) >= 11 is 3.45. The Morgan fingerprint density at radius 3 is 3.07 bits per heavy atom. The first kappa shape index (κ1) is 9.68. The maximum atomic E-state index is 8.71. The number of aryl methyl sites for hydroxylation is 1. The quantitative estimate of drug-likeness (QED) is 0.911. The fraction of sp³-hybridized carbons (Fsp3) is 0.300. The van der Waals surface area contributed by atoms with Crippen molar-refractivity contribution >= 4 is 21.6 Å². The molecule has 0 aliphatic carbocycles. The highest BCUT2D eigenvalue weighted by atomic mass is 79.9. The Bertz CT molecular complexity index is 439. The molecule has 0 fully saturated rings. The second kappa shape index (κ2) is 4.11. The number of imidazole rings is 1. The van der Waals surface area contributed by atoms with Gasteiger partial charge >= 0.3 is 0 Å². The summed E-state index contributed by atoms with van der Waals surface area (Å²) in [7, 11) is 0. The van der Waals surface area contributed by atoms with E-state index in [1.807, 2.05) is 28.9 Å². The van der Waals surface area contributed by atoms with Gasteiger partial charge in [0.1, 0.15) is 0 Å². The highest BCUT2D eigenvalue weighted by Crippen LogP contribution is 2.17. The monoisotopic (exact) mass is 254 g/mol. The molecule has 0 aromatic carbocycles. The molecule has 2 aromatic rings. The molecule has 2 heterocycles. The Labute approximate surface area is 90.5 Å². The van der Waals surface area contributed by atoms with Crippen LogP contribution >= 0.6 is 15.9 Å². The zero-order valence-corrected chi connectivity index (χ0v) is 9.24. The van der Waals surface area contributed by atoms with Crippen LogP contribution in [0.3, 0.4) is 0 Å². The first-order chi connectivity index (χ1) is 6.81. The van der Waals surface area contributed by atoms with Gasteiger partial charge in [-0.25, -0.2) is 4.98 Å². The maximum Gasteiger partial charge on any atom is 0.151 e. The summed E-state index contributed by atoms with van der Waals surface area (Å²) in [4.78, 5) is 4.45. The van der Waals surface area contributed by atoms with Crippen molar-refractivity contribution in [3.05, 3.63) is 34.7 Å². The van der Waals surface area contributed by atoms with Crippen LogP contribution in [-0.2, 0) is 6.42 Å². The molecule has 14 heavy (non-hydrogen) atoms. The van der Waals surface area contributed by atoms with E-state index in [9.17, 15) is 0 Å². The van der Waals surface area contributed by atoms with Gasteiger partial charge in [0.05, 0.1) is 10.2 Å². The van der Waals surface area contributed by atoms with Gasteiger partial charge in [-0.1, -0.05) is 0 Å². The minimum absolute atomic E-state index is 0.217. The topological polar surface area (TPSA) is 37.5 Å². The summed E-state index contributed by atoms with van der Waals surface area (Å²) in [6, 6.07) is 3.94. The Kier molecular flexibility index (Phi) is 2.84. The van der Waals surface area contributed by atoms with Gasteiger partial charge in [0.2, 0.25) is 0 Å². The second-order valence-corrected chi connectivity index (χ2v) is 4.00. The Hall–Kier alpha value is -0.870. The molecule has 0 radical (unpaired) electrons. The number of aliphatic hydroxyl groups excluding tert-OH is 1. The van der Waals surface area contributed by atoms with Crippen molar-refractivity contribution in [2.75, 3.05) is 6.61 Å². The normalized spacial score (nSPS) is 11.0. The van der Waals surface area contributed by atoms with Crippen molar-refractivity contribution in [2.24, 2.45) is 0 Å². The molecule has 0 unspecified atom stereocenters. The number of aromatic nitrogens is 2. The van der Waals surface area contributed by atoms with Crippen LogP contribution in [0.5, 0.6) is 0 Å². The molecule has 0 amide bonds. The van der Waals surface area contributed by atoms with Crippen molar-refractivity contribution in [1.82, 2.24) is 9.38 Å². The lowest BCUT2D eigenvalue weighted by Crippen LogP contribution is -1.88. The zero-order chi connectivity index (χ0) is 9.97. The van der Waals surface area contributed by atoms with E-state index in [-0.39, 0.29) is 6.61 Å². The number of hydrogen-bond donors (Lipinski definition) is 1. The van der Waals surface area contributed by atoms with Crippen LogP contribution in [0.25, 0.3) is 5.65 Å². The van der Waals surface area contributed by atoms with Gasteiger partial charge in [0.25, 0.3) is 0 Å². The number of fused-ring (bicyclic) bond motifs is 1. The number of halogens is 1. The first-order valence-corrected chi connectivity index (χ1v) is 5.33. The molecule has 0 bridgehead atoms. The van der Waals surface area contributed by atoms with Crippen LogP contribution in [0.15, 0.2) is 29.0 Å². The van der Waals surface area contributed by atoms with Crippen LogP contribution in [0.1, 0.15) is 12.1 Å². The lowest BCUT2D eigenvalue weighted by molar-refractivity contribution is 0.288. The van der Waals surface area contributed by atoms with Crippen LogP contribution in [0, 0.1) is 0 Å². The second-order valence-electron chi connectivity index (χ2n) is 3.15.